The largest absolute Gasteiger partial charge is 0.478 e. The third-order valence-corrected chi connectivity index (χ3v) is 4.36. The van der Waals surface area contributed by atoms with Gasteiger partial charge in [-0.3, -0.25) is 4.79 Å². The molecule has 1 aromatic carbocycles. The van der Waals surface area contributed by atoms with Gasteiger partial charge < -0.3 is 10.0 Å². The maximum absolute atomic E-state index is 14.3. The molecule has 4 nitrogen and oxygen atoms in total. The first-order valence-electron chi connectivity index (χ1n) is 7.38. The predicted octanol–water partition coefficient (Wildman–Crippen LogP) is 2.64. The molecule has 1 aromatic rings. The summed E-state index contributed by atoms with van der Waals surface area (Å²) in [4.78, 5) is 25.0. The summed E-state index contributed by atoms with van der Waals surface area (Å²) < 4.78 is 14.3. The number of likely N-dealkylation sites (tertiary alicyclic amines) is 1. The van der Waals surface area contributed by atoms with Crippen molar-refractivity contribution in [3.63, 3.8) is 0 Å². The molecule has 0 spiro atoms. The zero-order chi connectivity index (χ0) is 15.0. The molecule has 1 amide bonds. The van der Waals surface area contributed by atoms with Gasteiger partial charge in [0.1, 0.15) is 5.82 Å². The Bertz CT molecular complexity index is 583. The molecule has 1 aliphatic carbocycles. The highest BCUT2D eigenvalue weighted by atomic mass is 19.1. The molecule has 5 heteroatoms. The second-order valence-electron chi connectivity index (χ2n) is 5.91. The van der Waals surface area contributed by atoms with Crippen molar-refractivity contribution in [2.75, 3.05) is 13.1 Å². The highest BCUT2D eigenvalue weighted by Gasteiger charge is 2.36. The molecule has 3 rings (SSSR count). The third-order valence-electron chi connectivity index (χ3n) is 4.36. The normalized spacial score (nSPS) is 22.1. The highest BCUT2D eigenvalue weighted by Crippen LogP contribution is 2.35. The number of rotatable bonds is 3. The van der Waals surface area contributed by atoms with E-state index in [4.69, 9.17) is 5.11 Å². The number of aromatic carboxylic acids is 1. The lowest BCUT2D eigenvalue weighted by molar-refractivity contribution is -0.133. The highest BCUT2D eigenvalue weighted by molar-refractivity contribution is 5.88. The van der Waals surface area contributed by atoms with Crippen LogP contribution in [0.1, 0.15) is 47.5 Å². The number of hydrogen-bond donors (Lipinski definition) is 1. The number of carbonyl (C=O) groups is 2. The van der Waals surface area contributed by atoms with Crippen molar-refractivity contribution < 1.29 is 19.1 Å². The van der Waals surface area contributed by atoms with E-state index in [2.05, 4.69) is 0 Å². The van der Waals surface area contributed by atoms with Gasteiger partial charge in [0.25, 0.3) is 0 Å². The average molecular weight is 291 g/mol. The molecule has 0 unspecified atom stereocenters. The molecule has 0 radical (unpaired) electrons. The van der Waals surface area contributed by atoms with Crippen LogP contribution in [0, 0.1) is 11.7 Å². The molecule has 0 bridgehead atoms. The number of benzene rings is 1. The van der Waals surface area contributed by atoms with Gasteiger partial charge in [-0.15, -0.1) is 0 Å². The van der Waals surface area contributed by atoms with E-state index >= 15 is 0 Å². The summed E-state index contributed by atoms with van der Waals surface area (Å²) in [5.41, 5.74) is 0.126. The number of carbonyl (C=O) groups excluding carboxylic acids is 1. The summed E-state index contributed by atoms with van der Waals surface area (Å²) in [6.07, 6.45) is 3.54. The molecule has 1 aliphatic heterocycles. The number of carboxylic acids is 1. The Morgan fingerprint density at radius 3 is 2.67 bits per heavy atom. The summed E-state index contributed by atoms with van der Waals surface area (Å²) >= 11 is 0. The molecule has 2 fully saturated rings. The van der Waals surface area contributed by atoms with Crippen LogP contribution in [0.5, 0.6) is 0 Å². The molecule has 2 aliphatic rings. The van der Waals surface area contributed by atoms with E-state index in [1.165, 1.54) is 6.07 Å². The van der Waals surface area contributed by atoms with Crippen LogP contribution in [0.4, 0.5) is 4.39 Å². The van der Waals surface area contributed by atoms with Crippen LogP contribution in [0.2, 0.25) is 0 Å². The van der Waals surface area contributed by atoms with Crippen LogP contribution >= 0.6 is 0 Å². The van der Waals surface area contributed by atoms with Gasteiger partial charge in [0.15, 0.2) is 0 Å². The Hall–Kier alpha value is -1.91. The van der Waals surface area contributed by atoms with Crippen molar-refractivity contribution in [2.45, 2.75) is 31.6 Å². The minimum Gasteiger partial charge on any atom is -0.478 e. The van der Waals surface area contributed by atoms with E-state index in [0.717, 1.165) is 32.2 Å². The van der Waals surface area contributed by atoms with Crippen LogP contribution in [0.15, 0.2) is 18.2 Å². The molecule has 21 heavy (non-hydrogen) atoms. The van der Waals surface area contributed by atoms with Crippen molar-refractivity contribution in [2.24, 2.45) is 5.92 Å². The van der Waals surface area contributed by atoms with Crippen LogP contribution in [-0.4, -0.2) is 35.0 Å². The molecule has 112 valence electrons. The second-order valence-corrected chi connectivity index (χ2v) is 5.91. The standard InChI is InChI=1S/C16H18FNO3/c17-14-12(4-1-5-13(14)16(20)21)11-3-2-8-18(9-11)15(19)10-6-7-10/h1,4-5,10-11H,2-3,6-9H2,(H,20,21)/t11-/m0/s1. The number of halogens is 1. The summed E-state index contributed by atoms with van der Waals surface area (Å²) in [7, 11) is 0. The maximum atomic E-state index is 14.3. The van der Waals surface area contributed by atoms with Gasteiger partial charge >= 0.3 is 5.97 Å². The van der Waals surface area contributed by atoms with Crippen LogP contribution < -0.4 is 0 Å². The van der Waals surface area contributed by atoms with Gasteiger partial charge in [-0.25, -0.2) is 9.18 Å². The lowest BCUT2D eigenvalue weighted by Crippen LogP contribution is -2.40. The first kappa shape index (κ1) is 14.0. The molecule has 1 N–H and O–H groups in total. The molecule has 1 atom stereocenters. The van der Waals surface area contributed by atoms with E-state index in [9.17, 15) is 14.0 Å². The van der Waals surface area contributed by atoms with E-state index in [1.807, 2.05) is 4.90 Å². The Kier molecular flexibility index (Phi) is 3.66. The fourth-order valence-corrected chi connectivity index (χ4v) is 3.05. The van der Waals surface area contributed by atoms with E-state index in [-0.39, 0.29) is 23.3 Å². The predicted molar refractivity (Wildman–Crippen MR) is 74.6 cm³/mol. The zero-order valence-corrected chi connectivity index (χ0v) is 11.7. The lowest BCUT2D eigenvalue weighted by atomic mass is 9.89. The van der Waals surface area contributed by atoms with E-state index in [1.54, 1.807) is 12.1 Å². The fourth-order valence-electron chi connectivity index (χ4n) is 3.05. The van der Waals surface area contributed by atoms with E-state index < -0.39 is 11.8 Å². The van der Waals surface area contributed by atoms with Crippen LogP contribution in [0.3, 0.4) is 0 Å². The summed E-state index contributed by atoms with van der Waals surface area (Å²) in [5, 5.41) is 9.01. The number of amides is 1. The summed E-state index contributed by atoms with van der Waals surface area (Å²) in [6, 6.07) is 4.48. The van der Waals surface area contributed by atoms with Crippen molar-refractivity contribution >= 4 is 11.9 Å². The van der Waals surface area contributed by atoms with E-state index in [0.29, 0.717) is 12.1 Å². The molecule has 1 saturated heterocycles. The second kappa shape index (κ2) is 5.47. The first-order valence-corrected chi connectivity index (χ1v) is 7.38. The SMILES string of the molecule is O=C(O)c1cccc([C@H]2CCCN(C(=O)C3CC3)C2)c1F. The van der Waals surface area contributed by atoms with Crippen molar-refractivity contribution in [1.82, 2.24) is 4.90 Å². The maximum Gasteiger partial charge on any atom is 0.338 e. The smallest absolute Gasteiger partial charge is 0.338 e. The Morgan fingerprint density at radius 2 is 2.00 bits per heavy atom. The van der Waals surface area contributed by atoms with Crippen LogP contribution in [0.25, 0.3) is 0 Å². The van der Waals surface area contributed by atoms with Crippen molar-refractivity contribution in [3.05, 3.63) is 35.1 Å². The van der Waals surface area contributed by atoms with Crippen molar-refractivity contribution in [1.29, 1.82) is 0 Å². The Morgan fingerprint density at radius 1 is 1.24 bits per heavy atom. The van der Waals surface area contributed by atoms with Crippen LogP contribution in [-0.2, 0) is 4.79 Å². The van der Waals surface area contributed by atoms with Gasteiger partial charge in [0.05, 0.1) is 5.56 Å². The minimum atomic E-state index is -1.25. The molecule has 1 heterocycles. The van der Waals surface area contributed by atoms with Crippen molar-refractivity contribution in [3.8, 4) is 0 Å². The monoisotopic (exact) mass is 291 g/mol. The summed E-state index contributed by atoms with van der Waals surface area (Å²) in [5.74, 6) is -1.68. The molecule has 0 aromatic heterocycles. The Labute approximate surface area is 122 Å². The zero-order valence-electron chi connectivity index (χ0n) is 11.7. The number of nitrogens with zero attached hydrogens (tertiary/aromatic N) is 1. The fraction of sp³-hybridized carbons (Fsp3) is 0.500. The van der Waals surface area contributed by atoms with Gasteiger partial charge in [0.2, 0.25) is 5.91 Å². The Balaban J connectivity index is 1.81. The number of carboxylic acid groups (broad SMARTS) is 1. The summed E-state index contributed by atoms with van der Waals surface area (Å²) in [6.45, 7) is 1.22. The van der Waals surface area contributed by atoms with Gasteiger partial charge in [-0.2, -0.15) is 0 Å². The first-order chi connectivity index (χ1) is 10.1. The van der Waals surface area contributed by atoms with Gasteiger partial charge in [-0.1, -0.05) is 12.1 Å². The quantitative estimate of drug-likeness (QED) is 0.931. The minimum absolute atomic E-state index is 0.110. The van der Waals surface area contributed by atoms with Gasteiger partial charge in [0, 0.05) is 24.9 Å². The topological polar surface area (TPSA) is 57.6 Å². The van der Waals surface area contributed by atoms with Gasteiger partial charge in [-0.05, 0) is 37.3 Å². The molecular formula is C16H18FNO3. The number of piperidine rings is 1. The lowest BCUT2D eigenvalue weighted by Gasteiger charge is -2.33. The average Bonchev–Trinajstić information content (AvgIpc) is 3.31. The third kappa shape index (κ3) is 2.77. The molecule has 1 saturated carbocycles. The molecular weight excluding hydrogens is 273 g/mol. The number of hydrogen-bond acceptors (Lipinski definition) is 2.